The Morgan fingerprint density at radius 3 is 2.49 bits per heavy atom. The zero-order valence-corrected chi connectivity index (χ0v) is 21.5. The zero-order valence-electron chi connectivity index (χ0n) is 21.5. The van der Waals surface area contributed by atoms with E-state index in [0.717, 1.165) is 22.6 Å². The molecule has 7 nitrogen and oxygen atoms in total. The summed E-state index contributed by atoms with van der Waals surface area (Å²) in [4.78, 5) is 16.5. The molecule has 1 heterocycles. The molecule has 0 unspecified atom stereocenters. The molecule has 0 aliphatic rings. The number of rotatable bonds is 11. The number of carbonyl (C=O) groups is 1. The fraction of sp³-hybridized carbons (Fsp3) is 0.267. The van der Waals surface area contributed by atoms with Gasteiger partial charge < -0.3 is 23.7 Å². The second-order valence-electron chi connectivity index (χ2n) is 9.01. The van der Waals surface area contributed by atoms with Crippen LogP contribution < -0.4 is 14.2 Å². The molecule has 0 fully saturated rings. The molecule has 0 atom stereocenters. The average molecular weight is 502 g/mol. The third kappa shape index (κ3) is 6.70. The van der Waals surface area contributed by atoms with Crippen LogP contribution in [-0.2, 0) is 13.0 Å². The number of carboxylic acids is 1. The molecule has 1 aromatic heterocycles. The smallest absolute Gasteiger partial charge is 0.339 e. The monoisotopic (exact) mass is 501 g/mol. The average Bonchev–Trinajstić information content (AvgIpc) is 3.23. The number of carboxylic acid groups (broad SMARTS) is 1. The summed E-state index contributed by atoms with van der Waals surface area (Å²) in [5.74, 6) is 1.87. The number of oxazole rings is 1. The van der Waals surface area contributed by atoms with Crippen LogP contribution in [0, 0.1) is 13.8 Å². The van der Waals surface area contributed by atoms with Gasteiger partial charge in [0.1, 0.15) is 35.2 Å². The molecule has 0 radical (unpaired) electrons. The molecule has 37 heavy (non-hydrogen) atoms. The van der Waals surface area contributed by atoms with Crippen molar-refractivity contribution in [1.82, 2.24) is 4.98 Å². The van der Waals surface area contributed by atoms with E-state index in [0.29, 0.717) is 36.0 Å². The van der Waals surface area contributed by atoms with Crippen molar-refractivity contribution in [1.29, 1.82) is 0 Å². The molecule has 7 heteroatoms. The van der Waals surface area contributed by atoms with E-state index in [1.165, 1.54) is 0 Å². The predicted molar refractivity (Wildman–Crippen MR) is 141 cm³/mol. The minimum atomic E-state index is -1.04. The highest BCUT2D eigenvalue weighted by Crippen LogP contribution is 2.30. The predicted octanol–water partition coefficient (Wildman–Crippen LogP) is 6.64. The Morgan fingerprint density at radius 2 is 1.76 bits per heavy atom. The Balaban J connectivity index is 1.39. The third-order valence-corrected chi connectivity index (χ3v) is 5.67. The van der Waals surface area contributed by atoms with Crippen molar-refractivity contribution < 1.29 is 28.5 Å². The number of hydrogen-bond donors (Lipinski definition) is 1. The summed E-state index contributed by atoms with van der Waals surface area (Å²) in [5, 5.41) is 9.68. The van der Waals surface area contributed by atoms with Gasteiger partial charge in [-0.3, -0.25) is 0 Å². The molecule has 0 bridgehead atoms. The van der Waals surface area contributed by atoms with Crippen molar-refractivity contribution in [3.63, 3.8) is 0 Å². The van der Waals surface area contributed by atoms with Gasteiger partial charge in [0.2, 0.25) is 5.89 Å². The number of hydrogen-bond acceptors (Lipinski definition) is 6. The molecular weight excluding hydrogens is 470 g/mol. The summed E-state index contributed by atoms with van der Waals surface area (Å²) in [6.45, 7) is 8.09. The molecule has 192 valence electrons. The lowest BCUT2D eigenvalue weighted by Crippen LogP contribution is -2.09. The van der Waals surface area contributed by atoms with Crippen molar-refractivity contribution in [3.05, 3.63) is 94.9 Å². The van der Waals surface area contributed by atoms with E-state index in [9.17, 15) is 9.90 Å². The third-order valence-electron chi connectivity index (χ3n) is 5.67. The van der Waals surface area contributed by atoms with Crippen molar-refractivity contribution in [2.75, 3.05) is 6.61 Å². The molecule has 0 spiro atoms. The lowest BCUT2D eigenvalue weighted by Gasteiger charge is -2.16. The summed E-state index contributed by atoms with van der Waals surface area (Å²) in [6.07, 6.45) is 0.565. The van der Waals surface area contributed by atoms with Gasteiger partial charge in [-0.25, -0.2) is 9.78 Å². The van der Waals surface area contributed by atoms with Gasteiger partial charge in [-0.05, 0) is 69.2 Å². The van der Waals surface area contributed by atoms with Gasteiger partial charge in [-0.1, -0.05) is 30.3 Å². The van der Waals surface area contributed by atoms with Crippen LogP contribution in [0.2, 0.25) is 0 Å². The SMILES string of the molecule is Cc1cc(OC(C)C)cc(OCc2cccc(OCCc3nc(-c4ccccc4)oc3C)c2)c1C(=O)O. The number of aryl methyl sites for hydroxylation is 2. The van der Waals surface area contributed by atoms with E-state index in [1.54, 1.807) is 19.1 Å². The molecule has 0 aliphatic heterocycles. The summed E-state index contributed by atoms with van der Waals surface area (Å²) in [6, 6.07) is 20.7. The molecule has 1 N–H and O–H groups in total. The first-order valence-corrected chi connectivity index (χ1v) is 12.2. The fourth-order valence-corrected chi connectivity index (χ4v) is 3.97. The van der Waals surface area contributed by atoms with Gasteiger partial charge in [0.25, 0.3) is 0 Å². The van der Waals surface area contributed by atoms with E-state index < -0.39 is 5.97 Å². The van der Waals surface area contributed by atoms with E-state index in [1.807, 2.05) is 75.4 Å². The van der Waals surface area contributed by atoms with Crippen LogP contribution in [0.15, 0.2) is 71.1 Å². The van der Waals surface area contributed by atoms with Crippen LogP contribution in [-0.4, -0.2) is 28.8 Å². The molecular formula is C30H31NO6. The van der Waals surface area contributed by atoms with E-state index in [4.69, 9.17) is 18.6 Å². The first-order chi connectivity index (χ1) is 17.8. The highest BCUT2D eigenvalue weighted by atomic mass is 16.5. The highest BCUT2D eigenvalue weighted by molar-refractivity contribution is 5.93. The maximum absolute atomic E-state index is 11.8. The standard InChI is InChI=1S/C30H31NO6/c1-19(2)36-25-15-20(3)28(30(32)33)27(17-25)35-18-22-9-8-12-24(16-22)34-14-13-26-21(4)37-29(31-26)23-10-6-5-7-11-23/h5-12,15-17,19H,13-14,18H2,1-4H3,(H,32,33). The maximum atomic E-state index is 11.8. The second-order valence-corrected chi connectivity index (χ2v) is 9.01. The van der Waals surface area contributed by atoms with Crippen LogP contribution in [0.25, 0.3) is 11.5 Å². The van der Waals surface area contributed by atoms with Crippen LogP contribution in [0.4, 0.5) is 0 Å². The first kappa shape index (κ1) is 25.8. The molecule has 0 aliphatic carbocycles. The number of benzene rings is 3. The lowest BCUT2D eigenvalue weighted by molar-refractivity contribution is 0.0690. The quantitative estimate of drug-likeness (QED) is 0.246. The van der Waals surface area contributed by atoms with Crippen molar-refractivity contribution in [3.8, 4) is 28.7 Å². The Labute approximate surface area is 216 Å². The molecule has 0 amide bonds. The Morgan fingerprint density at radius 1 is 0.973 bits per heavy atom. The maximum Gasteiger partial charge on any atom is 0.339 e. The summed E-state index contributed by atoms with van der Waals surface area (Å²) >= 11 is 0. The van der Waals surface area contributed by atoms with Gasteiger partial charge in [-0.15, -0.1) is 0 Å². The summed E-state index contributed by atoms with van der Waals surface area (Å²) in [5.41, 5.74) is 3.36. The Kier molecular flexibility index (Phi) is 8.13. The van der Waals surface area contributed by atoms with Gasteiger partial charge >= 0.3 is 5.97 Å². The molecule has 3 aromatic carbocycles. The van der Waals surface area contributed by atoms with E-state index in [2.05, 4.69) is 4.98 Å². The molecule has 0 saturated carbocycles. The summed E-state index contributed by atoms with van der Waals surface area (Å²) in [7, 11) is 0. The zero-order chi connectivity index (χ0) is 26.4. The van der Waals surface area contributed by atoms with Crippen LogP contribution in [0.1, 0.15) is 46.8 Å². The first-order valence-electron chi connectivity index (χ1n) is 12.2. The van der Waals surface area contributed by atoms with E-state index >= 15 is 0 Å². The number of ether oxygens (including phenoxy) is 3. The fourth-order valence-electron chi connectivity index (χ4n) is 3.97. The number of nitrogens with zero attached hydrogens (tertiary/aromatic N) is 1. The topological polar surface area (TPSA) is 91.0 Å². The van der Waals surface area contributed by atoms with Crippen molar-refractivity contribution in [2.45, 2.75) is 46.8 Å². The molecule has 4 rings (SSSR count). The molecule has 4 aromatic rings. The number of aromatic nitrogens is 1. The van der Waals surface area contributed by atoms with Crippen molar-refractivity contribution in [2.24, 2.45) is 0 Å². The Hall–Kier alpha value is -4.26. The van der Waals surface area contributed by atoms with Gasteiger partial charge in [0.05, 0.1) is 18.4 Å². The Bertz CT molecular complexity index is 1360. The second kappa shape index (κ2) is 11.6. The van der Waals surface area contributed by atoms with Gasteiger partial charge in [0.15, 0.2) is 0 Å². The van der Waals surface area contributed by atoms with Crippen LogP contribution >= 0.6 is 0 Å². The normalized spacial score (nSPS) is 10.9. The van der Waals surface area contributed by atoms with E-state index in [-0.39, 0.29) is 24.0 Å². The van der Waals surface area contributed by atoms with Crippen LogP contribution in [0.3, 0.4) is 0 Å². The van der Waals surface area contributed by atoms with Crippen molar-refractivity contribution >= 4 is 5.97 Å². The summed E-state index contributed by atoms with van der Waals surface area (Å²) < 4.78 is 23.5. The van der Waals surface area contributed by atoms with Crippen LogP contribution in [0.5, 0.6) is 17.2 Å². The largest absolute Gasteiger partial charge is 0.493 e. The molecule has 0 saturated heterocycles. The van der Waals surface area contributed by atoms with Gasteiger partial charge in [0, 0.05) is 18.1 Å². The highest BCUT2D eigenvalue weighted by Gasteiger charge is 2.18. The lowest BCUT2D eigenvalue weighted by atomic mass is 10.1. The minimum absolute atomic E-state index is 0.0391. The number of aromatic carboxylic acids is 1. The minimum Gasteiger partial charge on any atom is -0.493 e. The van der Waals surface area contributed by atoms with Gasteiger partial charge in [-0.2, -0.15) is 0 Å².